The fourth-order valence-electron chi connectivity index (χ4n) is 0.0803. The van der Waals surface area contributed by atoms with Crippen molar-refractivity contribution in [3.05, 3.63) is 23.9 Å². The number of nitrogens with one attached hydrogen (secondary N) is 1. The van der Waals surface area contributed by atoms with Gasteiger partial charge in [-0.05, 0) is 0 Å². The molecule has 0 aromatic heterocycles. The molecule has 0 fully saturated rings. The monoisotopic (exact) mass is 276 g/mol. The molecule has 0 atom stereocenters. The molecule has 3 nitrogen and oxygen atoms in total. The van der Waals surface area contributed by atoms with Crippen LogP contribution in [-0.2, 0) is 19.6 Å². The SMILES string of the molecule is [C-]#[N+]NC(=C)[N]=[Pt]. The van der Waals surface area contributed by atoms with Crippen molar-refractivity contribution in [1.29, 1.82) is 0 Å². The van der Waals surface area contributed by atoms with Crippen molar-refractivity contribution in [2.75, 3.05) is 0 Å². The van der Waals surface area contributed by atoms with Crippen molar-refractivity contribution in [3.63, 3.8) is 0 Å². The molecule has 0 aromatic rings. The Bertz CT molecular complexity index is 123. The molecule has 0 aliphatic carbocycles. The van der Waals surface area contributed by atoms with Crippen molar-refractivity contribution in [3.8, 4) is 0 Å². The Morgan fingerprint density at radius 2 is 2.57 bits per heavy atom. The predicted molar refractivity (Wildman–Crippen MR) is 21.3 cm³/mol. The van der Waals surface area contributed by atoms with Crippen LogP contribution in [0.2, 0.25) is 0 Å². The van der Waals surface area contributed by atoms with Gasteiger partial charge in [0.2, 0.25) is 0 Å². The average Bonchev–Trinajstić information content (AvgIpc) is 1.68. The first kappa shape index (κ1) is 6.52. The van der Waals surface area contributed by atoms with Crippen molar-refractivity contribution < 1.29 is 19.6 Å². The third kappa shape index (κ3) is 3.35. The zero-order valence-corrected chi connectivity index (χ0v) is 5.69. The fraction of sp³-hybridized carbons (Fsp3) is 0. The standard InChI is InChI=1S/C3H3N3.Pt/c1-3(4)6-5-2;/h6H,1H2;. The Kier molecular flexibility index (Phi) is 3.44. The molecule has 0 saturated carbocycles. The van der Waals surface area contributed by atoms with E-state index in [1.165, 1.54) is 0 Å². The number of hydrogen-bond donors (Lipinski definition) is 1. The summed E-state index contributed by atoms with van der Waals surface area (Å²) in [5, 5.41) is 0. The van der Waals surface area contributed by atoms with E-state index in [1.807, 2.05) is 0 Å². The molecule has 0 amide bonds. The molecule has 0 aromatic carbocycles. The van der Waals surface area contributed by atoms with E-state index in [9.17, 15) is 0 Å². The minimum atomic E-state index is 0.386. The molecule has 1 N–H and O–H groups in total. The summed E-state index contributed by atoms with van der Waals surface area (Å²) in [4.78, 5) is 2.81. The molecule has 0 unspecified atom stereocenters. The topological polar surface area (TPSA) is 28.8 Å². The van der Waals surface area contributed by atoms with Crippen molar-refractivity contribution in [2.45, 2.75) is 0 Å². The summed E-state index contributed by atoms with van der Waals surface area (Å²) in [6.07, 6.45) is 0. The molecule has 0 spiro atoms. The van der Waals surface area contributed by atoms with E-state index < -0.39 is 0 Å². The van der Waals surface area contributed by atoms with Crippen LogP contribution < -0.4 is 5.43 Å². The van der Waals surface area contributed by atoms with Gasteiger partial charge < -0.3 is 0 Å². The fourth-order valence-corrected chi connectivity index (χ4v) is 0.194. The van der Waals surface area contributed by atoms with E-state index in [0.717, 1.165) is 0 Å². The van der Waals surface area contributed by atoms with E-state index in [-0.39, 0.29) is 0 Å². The second-order valence-electron chi connectivity index (χ2n) is 0.741. The molecule has 4 heteroatoms. The van der Waals surface area contributed by atoms with Crippen LogP contribution >= 0.6 is 0 Å². The average molecular weight is 276 g/mol. The van der Waals surface area contributed by atoms with E-state index in [0.29, 0.717) is 5.82 Å². The summed E-state index contributed by atoms with van der Waals surface area (Å²) in [6.45, 7) is 9.59. The van der Waals surface area contributed by atoms with Crippen molar-refractivity contribution in [1.82, 2.24) is 5.43 Å². The number of nitrogens with zero attached hydrogens (tertiary/aromatic N) is 2. The molecule has 0 aliphatic heterocycles. The van der Waals surface area contributed by atoms with E-state index >= 15 is 0 Å². The van der Waals surface area contributed by atoms with Crippen LogP contribution in [0.15, 0.2) is 15.9 Å². The quantitative estimate of drug-likeness (QED) is 0.581. The Labute approximate surface area is 53.0 Å². The van der Waals surface area contributed by atoms with Gasteiger partial charge in [-0.1, -0.05) is 0 Å². The molecule has 0 aliphatic rings. The van der Waals surface area contributed by atoms with Crippen LogP contribution in [0, 0.1) is 6.57 Å². The summed E-state index contributed by atoms with van der Waals surface area (Å²) in [5.74, 6) is 0.386. The van der Waals surface area contributed by atoms with Gasteiger partial charge in [0.1, 0.15) is 0 Å². The minimum absolute atomic E-state index is 0.386. The summed E-state index contributed by atoms with van der Waals surface area (Å²) >= 11 is 1.74. The first-order valence-electron chi connectivity index (χ1n) is 1.42. The number of rotatable bonds is 2. The van der Waals surface area contributed by atoms with Crippen molar-refractivity contribution >= 4 is 0 Å². The molecule has 0 bridgehead atoms. The van der Waals surface area contributed by atoms with Gasteiger partial charge in [-0.15, -0.1) is 0 Å². The van der Waals surface area contributed by atoms with Crippen LogP contribution in [0.1, 0.15) is 0 Å². The molecule has 0 heterocycles. The Morgan fingerprint density at radius 3 is 2.71 bits per heavy atom. The zero-order valence-electron chi connectivity index (χ0n) is 3.42. The summed E-state index contributed by atoms with van der Waals surface area (Å²) < 4.78 is 3.53. The van der Waals surface area contributed by atoms with Gasteiger partial charge in [-0.25, -0.2) is 0 Å². The maximum atomic E-state index is 6.23. The van der Waals surface area contributed by atoms with Gasteiger partial charge in [0.05, 0.1) is 0 Å². The van der Waals surface area contributed by atoms with Crippen LogP contribution in [-0.4, -0.2) is 0 Å². The Morgan fingerprint density at radius 1 is 2.00 bits per heavy atom. The van der Waals surface area contributed by atoms with E-state index in [2.05, 4.69) is 20.5 Å². The summed E-state index contributed by atoms with van der Waals surface area (Å²) in [7, 11) is 0. The Hall–Kier alpha value is -0.482. The zero-order chi connectivity index (χ0) is 5.70. The van der Waals surface area contributed by atoms with Crippen LogP contribution in [0.4, 0.5) is 0 Å². The molecular formula is C3H3N3Pt. The second-order valence-corrected chi connectivity index (χ2v) is 1.25. The van der Waals surface area contributed by atoms with Crippen LogP contribution in [0.5, 0.6) is 0 Å². The van der Waals surface area contributed by atoms with E-state index in [4.69, 9.17) is 6.57 Å². The van der Waals surface area contributed by atoms with Gasteiger partial charge in [0.25, 0.3) is 0 Å². The predicted octanol–water partition coefficient (Wildman–Crippen LogP) is 0.612. The van der Waals surface area contributed by atoms with Gasteiger partial charge >= 0.3 is 52.5 Å². The van der Waals surface area contributed by atoms with Crippen molar-refractivity contribution in [2.24, 2.45) is 3.50 Å². The van der Waals surface area contributed by atoms with Gasteiger partial charge in [-0.2, -0.15) is 0 Å². The van der Waals surface area contributed by atoms with E-state index in [1.54, 1.807) is 19.6 Å². The molecule has 0 rings (SSSR count). The Balaban J connectivity index is 3.42. The third-order valence-electron chi connectivity index (χ3n) is 0.270. The molecule has 40 valence electrons. The summed E-state index contributed by atoms with van der Waals surface area (Å²) in [5.41, 5.74) is 2.22. The van der Waals surface area contributed by atoms with Gasteiger partial charge in [0.15, 0.2) is 0 Å². The van der Waals surface area contributed by atoms with Crippen LogP contribution in [0.3, 0.4) is 0 Å². The molecule has 7 heavy (non-hydrogen) atoms. The molecular weight excluding hydrogens is 273 g/mol. The molecule has 0 radical (unpaired) electrons. The maximum absolute atomic E-state index is 6.23. The summed E-state index contributed by atoms with van der Waals surface area (Å²) in [6, 6.07) is 0. The first-order valence-corrected chi connectivity index (χ1v) is 2.43. The first-order chi connectivity index (χ1) is 3.31. The third-order valence-corrected chi connectivity index (χ3v) is 0.884. The van der Waals surface area contributed by atoms with Crippen LogP contribution in [0.25, 0.3) is 4.95 Å². The normalized spacial score (nSPS) is 6.43. The molecule has 0 saturated heterocycles. The number of hydrogen-bond acceptors (Lipinski definition) is 2. The van der Waals surface area contributed by atoms with Gasteiger partial charge in [-0.3, -0.25) is 0 Å². The second kappa shape index (κ2) is 3.70. The van der Waals surface area contributed by atoms with Gasteiger partial charge in [0, 0.05) is 0 Å².